The van der Waals surface area contributed by atoms with E-state index >= 15 is 0 Å². The Hall–Kier alpha value is -0.0400. The van der Waals surface area contributed by atoms with E-state index in [0.29, 0.717) is 6.04 Å². The van der Waals surface area contributed by atoms with Gasteiger partial charge in [0.05, 0.1) is 12.6 Å². The van der Waals surface area contributed by atoms with E-state index in [2.05, 4.69) is 32.0 Å². The van der Waals surface area contributed by atoms with Crippen LogP contribution in [0.4, 0.5) is 0 Å². The third-order valence-corrected chi connectivity index (χ3v) is 1.64. The number of nitrogens with one attached hydrogen (secondary N) is 1. The van der Waals surface area contributed by atoms with Crippen LogP contribution in [0.5, 0.6) is 0 Å². The predicted molar refractivity (Wildman–Crippen MR) is 39.1 cm³/mol. The first-order valence-corrected chi connectivity index (χ1v) is 3.64. The number of aliphatic hydroxyl groups excluding tert-OH is 1. The molecule has 0 aromatic rings. The molecule has 0 bridgehead atoms. The molecular formula is C6H8BrNO. The van der Waals surface area contributed by atoms with Crippen LogP contribution < -0.4 is 5.32 Å². The van der Waals surface area contributed by atoms with Crippen molar-refractivity contribution < 1.29 is 5.11 Å². The second kappa shape index (κ2) is 3.21. The lowest BCUT2D eigenvalue weighted by Crippen LogP contribution is -2.53. The minimum absolute atomic E-state index is 0.223. The summed E-state index contributed by atoms with van der Waals surface area (Å²) in [4.78, 5) is 2.63. The molecule has 1 fully saturated rings. The highest BCUT2D eigenvalue weighted by Gasteiger charge is 2.24. The molecule has 9 heavy (non-hydrogen) atoms. The molecule has 1 saturated heterocycles. The topological polar surface area (TPSA) is 32.3 Å². The van der Waals surface area contributed by atoms with Crippen molar-refractivity contribution in [3.63, 3.8) is 0 Å². The molecule has 0 aromatic heterocycles. The van der Waals surface area contributed by atoms with E-state index in [-0.39, 0.29) is 12.6 Å². The lowest BCUT2D eigenvalue weighted by molar-refractivity contribution is 0.179. The van der Waals surface area contributed by atoms with E-state index in [1.54, 1.807) is 0 Å². The van der Waals surface area contributed by atoms with E-state index in [9.17, 15) is 0 Å². The number of rotatable bonds is 1. The van der Waals surface area contributed by atoms with Gasteiger partial charge in [0.2, 0.25) is 0 Å². The summed E-state index contributed by atoms with van der Waals surface area (Å²) < 4.78 is 0. The minimum Gasteiger partial charge on any atom is -0.395 e. The smallest absolute Gasteiger partial charge is 0.0717 e. The lowest BCUT2D eigenvalue weighted by Gasteiger charge is -2.32. The fourth-order valence-corrected chi connectivity index (χ4v) is 1.11. The largest absolute Gasteiger partial charge is 0.395 e. The zero-order valence-electron chi connectivity index (χ0n) is 4.89. The Balaban J connectivity index is 2.16. The van der Waals surface area contributed by atoms with E-state index in [1.807, 2.05) is 0 Å². The fraction of sp³-hybridized carbons (Fsp3) is 0.667. The molecule has 50 valence electrons. The third kappa shape index (κ3) is 1.68. The maximum Gasteiger partial charge on any atom is 0.0717 e. The highest BCUT2D eigenvalue weighted by Crippen LogP contribution is 2.09. The summed E-state index contributed by atoms with van der Waals surface area (Å²) in [6.07, 6.45) is 0.967. The summed E-state index contributed by atoms with van der Waals surface area (Å²) in [5.74, 6) is 2.89. The lowest BCUT2D eigenvalue weighted by atomic mass is 9.99. The van der Waals surface area contributed by atoms with Gasteiger partial charge in [-0.05, 0) is 11.3 Å². The van der Waals surface area contributed by atoms with Crippen LogP contribution in [0.3, 0.4) is 0 Å². The number of hydrogen-bond donors (Lipinski definition) is 2. The van der Waals surface area contributed by atoms with E-state index in [0.717, 1.165) is 6.42 Å². The van der Waals surface area contributed by atoms with E-state index in [4.69, 9.17) is 5.11 Å². The molecule has 1 heterocycles. The zero-order valence-corrected chi connectivity index (χ0v) is 6.48. The molecule has 1 rings (SSSR count). The van der Waals surface area contributed by atoms with Gasteiger partial charge in [-0.25, -0.2) is 0 Å². The maximum atomic E-state index is 8.55. The molecule has 0 aromatic carbocycles. The minimum atomic E-state index is 0.223. The van der Waals surface area contributed by atoms with Crippen molar-refractivity contribution in [1.82, 2.24) is 5.32 Å². The van der Waals surface area contributed by atoms with Crippen LogP contribution in [0.2, 0.25) is 0 Å². The summed E-state index contributed by atoms with van der Waals surface area (Å²) in [6, 6.07) is 0.574. The van der Waals surface area contributed by atoms with Crippen molar-refractivity contribution in [3.05, 3.63) is 0 Å². The number of aliphatic hydroxyl groups is 1. The molecule has 3 heteroatoms. The van der Waals surface area contributed by atoms with Gasteiger partial charge in [-0.3, -0.25) is 5.32 Å². The molecule has 0 spiro atoms. The summed E-state index contributed by atoms with van der Waals surface area (Å²) in [7, 11) is 0. The maximum absolute atomic E-state index is 8.55. The zero-order chi connectivity index (χ0) is 6.69. The van der Waals surface area contributed by atoms with Gasteiger partial charge in [0.15, 0.2) is 0 Å². The van der Waals surface area contributed by atoms with Gasteiger partial charge >= 0.3 is 0 Å². The van der Waals surface area contributed by atoms with Gasteiger partial charge in [0, 0.05) is 22.0 Å². The molecular weight excluding hydrogens is 182 g/mol. The first-order valence-electron chi connectivity index (χ1n) is 2.85. The number of halogens is 1. The molecule has 0 unspecified atom stereocenters. The van der Waals surface area contributed by atoms with Gasteiger partial charge in [0.25, 0.3) is 0 Å². The Bertz CT molecular complexity index is 143. The Labute approximate surface area is 62.8 Å². The average Bonchev–Trinajstić information content (AvgIpc) is 1.77. The highest BCUT2D eigenvalue weighted by molar-refractivity contribution is 9.12. The quantitative estimate of drug-likeness (QED) is 0.573. The van der Waals surface area contributed by atoms with Crippen molar-refractivity contribution >= 4 is 15.9 Å². The predicted octanol–water partition coefficient (Wildman–Crippen LogP) is 0.0650. The second-order valence-electron chi connectivity index (χ2n) is 2.07. The van der Waals surface area contributed by atoms with Gasteiger partial charge in [0.1, 0.15) is 0 Å². The van der Waals surface area contributed by atoms with Crippen LogP contribution in [0, 0.1) is 10.8 Å². The Kier molecular flexibility index (Phi) is 2.52. The molecule has 2 atom stereocenters. The van der Waals surface area contributed by atoms with Crippen molar-refractivity contribution in [2.75, 3.05) is 6.61 Å². The van der Waals surface area contributed by atoms with Crippen LogP contribution in [-0.2, 0) is 0 Å². The molecule has 0 radical (unpaired) electrons. The molecule has 2 N–H and O–H groups in total. The standard InChI is InChI=1S/C6H8BrNO/c7-2-1-5-3-6(4-9)8-5/h5-6,8-9H,3-4H2/t5-,6-/m1/s1. The van der Waals surface area contributed by atoms with Crippen LogP contribution in [-0.4, -0.2) is 23.8 Å². The van der Waals surface area contributed by atoms with Crippen LogP contribution in [0.25, 0.3) is 0 Å². The average molecular weight is 190 g/mol. The SMILES string of the molecule is OC[C@H]1C[C@@H](C#CBr)N1. The summed E-state index contributed by atoms with van der Waals surface area (Å²) in [6.45, 7) is 0.223. The molecule has 2 nitrogen and oxygen atoms in total. The van der Waals surface area contributed by atoms with Crippen molar-refractivity contribution in [2.45, 2.75) is 18.5 Å². The van der Waals surface area contributed by atoms with Crippen molar-refractivity contribution in [1.29, 1.82) is 0 Å². The third-order valence-electron chi connectivity index (χ3n) is 1.41. The van der Waals surface area contributed by atoms with Gasteiger partial charge in [-0.2, -0.15) is 0 Å². The normalized spacial score (nSPS) is 32.2. The molecule has 1 aliphatic rings. The molecule has 1 aliphatic heterocycles. The first-order chi connectivity index (χ1) is 4.36. The summed E-state index contributed by atoms with van der Waals surface area (Å²) in [5.41, 5.74) is 0. The first kappa shape index (κ1) is 7.07. The van der Waals surface area contributed by atoms with Crippen molar-refractivity contribution in [3.8, 4) is 10.8 Å². The van der Waals surface area contributed by atoms with Gasteiger partial charge in [-0.15, -0.1) is 0 Å². The second-order valence-corrected chi connectivity index (χ2v) is 2.47. The van der Waals surface area contributed by atoms with Crippen LogP contribution >= 0.6 is 15.9 Å². The van der Waals surface area contributed by atoms with Crippen LogP contribution in [0.1, 0.15) is 6.42 Å². The fourth-order valence-electron chi connectivity index (χ4n) is 0.838. The Morgan fingerprint density at radius 2 is 2.44 bits per heavy atom. The van der Waals surface area contributed by atoms with Gasteiger partial charge in [-0.1, -0.05) is 5.92 Å². The monoisotopic (exact) mass is 189 g/mol. The van der Waals surface area contributed by atoms with Crippen LogP contribution in [0.15, 0.2) is 0 Å². The van der Waals surface area contributed by atoms with E-state index < -0.39 is 0 Å². The molecule has 0 amide bonds. The molecule has 0 aliphatic carbocycles. The summed E-state index contributed by atoms with van der Waals surface area (Å²) in [5, 5.41) is 11.6. The van der Waals surface area contributed by atoms with Gasteiger partial charge < -0.3 is 5.11 Å². The highest BCUT2D eigenvalue weighted by atomic mass is 79.9. The van der Waals surface area contributed by atoms with Crippen molar-refractivity contribution in [2.24, 2.45) is 0 Å². The Morgan fingerprint density at radius 3 is 2.89 bits per heavy atom. The molecule has 0 saturated carbocycles. The van der Waals surface area contributed by atoms with E-state index in [1.165, 1.54) is 0 Å². The Morgan fingerprint density at radius 1 is 1.78 bits per heavy atom. The number of hydrogen-bond acceptors (Lipinski definition) is 2. The summed E-state index contributed by atoms with van der Waals surface area (Å²) >= 11 is 3.00.